The van der Waals surface area contributed by atoms with Gasteiger partial charge in [0.2, 0.25) is 0 Å². The van der Waals surface area contributed by atoms with Crippen molar-refractivity contribution in [3.63, 3.8) is 0 Å². The molecular formula is C12H21N3O2S2. The number of guanidine groups is 1. The predicted octanol–water partition coefficient (Wildman–Crippen LogP) is 1.24. The molecule has 0 saturated heterocycles. The van der Waals surface area contributed by atoms with Gasteiger partial charge in [-0.25, -0.2) is 13.4 Å². The molecule has 19 heavy (non-hydrogen) atoms. The molecule has 2 N–H and O–H groups in total. The summed E-state index contributed by atoms with van der Waals surface area (Å²) in [4.78, 5) is 5.59. The van der Waals surface area contributed by atoms with Crippen LogP contribution in [0.15, 0.2) is 22.5 Å². The summed E-state index contributed by atoms with van der Waals surface area (Å²) in [6.07, 6.45) is 0. The highest BCUT2D eigenvalue weighted by Crippen LogP contribution is 2.09. The van der Waals surface area contributed by atoms with E-state index in [1.807, 2.05) is 24.4 Å². The molecule has 0 atom stereocenters. The molecule has 0 spiro atoms. The summed E-state index contributed by atoms with van der Waals surface area (Å²) < 4.78 is 22.8. The standard InChI is InChI=1S/C12H21N3O2S2/c1-3-13-12(14-7-9-19(16,17)4-2)15-10-11-6-5-8-18-11/h5-6,8H,3-4,7,9-10H2,1-2H3,(H2,13,14,15). The number of hydrogen-bond donors (Lipinski definition) is 2. The summed E-state index contributed by atoms with van der Waals surface area (Å²) in [5, 5.41) is 8.15. The second kappa shape index (κ2) is 8.16. The van der Waals surface area contributed by atoms with Gasteiger partial charge in [0.15, 0.2) is 15.8 Å². The van der Waals surface area contributed by atoms with Gasteiger partial charge in [0.1, 0.15) is 0 Å². The molecule has 0 aromatic carbocycles. The van der Waals surface area contributed by atoms with E-state index in [9.17, 15) is 8.42 Å². The van der Waals surface area contributed by atoms with Gasteiger partial charge in [0.25, 0.3) is 0 Å². The van der Waals surface area contributed by atoms with Crippen molar-refractivity contribution < 1.29 is 8.42 Å². The van der Waals surface area contributed by atoms with E-state index in [0.717, 1.165) is 6.54 Å². The maximum atomic E-state index is 11.4. The molecule has 0 unspecified atom stereocenters. The van der Waals surface area contributed by atoms with Crippen molar-refractivity contribution in [3.05, 3.63) is 22.4 Å². The summed E-state index contributed by atoms with van der Waals surface area (Å²) in [5.41, 5.74) is 0. The normalized spacial score (nSPS) is 12.4. The molecule has 1 rings (SSSR count). The van der Waals surface area contributed by atoms with Crippen LogP contribution in [0.5, 0.6) is 0 Å². The molecule has 0 aliphatic rings. The van der Waals surface area contributed by atoms with Crippen molar-refractivity contribution in [2.75, 3.05) is 24.6 Å². The fourth-order valence-electron chi connectivity index (χ4n) is 1.37. The molecule has 0 aliphatic carbocycles. The first-order chi connectivity index (χ1) is 9.07. The van der Waals surface area contributed by atoms with E-state index < -0.39 is 9.84 Å². The first-order valence-corrected chi connectivity index (χ1v) is 9.02. The molecular weight excluding hydrogens is 282 g/mol. The van der Waals surface area contributed by atoms with E-state index in [2.05, 4.69) is 15.6 Å². The van der Waals surface area contributed by atoms with Crippen molar-refractivity contribution in [1.82, 2.24) is 10.6 Å². The molecule has 0 aliphatic heterocycles. The van der Waals surface area contributed by atoms with Gasteiger partial charge < -0.3 is 10.6 Å². The lowest BCUT2D eigenvalue weighted by Gasteiger charge is -2.10. The first kappa shape index (κ1) is 16.0. The van der Waals surface area contributed by atoms with Crippen molar-refractivity contribution >= 4 is 27.1 Å². The number of nitrogens with one attached hydrogen (secondary N) is 2. The first-order valence-electron chi connectivity index (χ1n) is 6.32. The maximum Gasteiger partial charge on any atom is 0.191 e. The highest BCUT2D eigenvalue weighted by molar-refractivity contribution is 7.91. The zero-order chi connectivity index (χ0) is 14.1. The van der Waals surface area contributed by atoms with E-state index in [4.69, 9.17) is 0 Å². The fourth-order valence-corrected chi connectivity index (χ4v) is 2.70. The molecule has 0 fully saturated rings. The molecule has 1 heterocycles. The van der Waals surface area contributed by atoms with Crippen LogP contribution in [0.3, 0.4) is 0 Å². The Balaban J connectivity index is 2.46. The number of thiophene rings is 1. The molecule has 1 aromatic rings. The minimum absolute atomic E-state index is 0.132. The van der Waals surface area contributed by atoms with Gasteiger partial charge in [-0.05, 0) is 18.4 Å². The Kier molecular flexibility index (Phi) is 6.86. The Morgan fingerprint density at radius 1 is 1.37 bits per heavy atom. The second-order valence-corrected chi connectivity index (χ2v) is 7.44. The third kappa shape index (κ3) is 6.58. The van der Waals surface area contributed by atoms with Crippen molar-refractivity contribution in [1.29, 1.82) is 0 Å². The molecule has 0 amide bonds. The Labute approximate surface area is 119 Å². The van der Waals surface area contributed by atoms with Crippen molar-refractivity contribution in [2.45, 2.75) is 20.4 Å². The minimum Gasteiger partial charge on any atom is -0.357 e. The molecule has 0 saturated carbocycles. The highest BCUT2D eigenvalue weighted by Gasteiger charge is 2.07. The molecule has 1 aromatic heterocycles. The number of nitrogens with zero attached hydrogens (tertiary/aromatic N) is 1. The van der Waals surface area contributed by atoms with Gasteiger partial charge in [-0.15, -0.1) is 11.3 Å². The van der Waals surface area contributed by atoms with Crippen LogP contribution in [0.25, 0.3) is 0 Å². The zero-order valence-corrected chi connectivity index (χ0v) is 13.0. The minimum atomic E-state index is -2.93. The highest BCUT2D eigenvalue weighted by atomic mass is 32.2. The Bertz CT molecular complexity index is 481. The molecule has 108 valence electrons. The van der Waals surface area contributed by atoms with Crippen molar-refractivity contribution in [2.24, 2.45) is 4.99 Å². The Morgan fingerprint density at radius 2 is 2.16 bits per heavy atom. The topological polar surface area (TPSA) is 70.6 Å². The van der Waals surface area contributed by atoms with E-state index in [1.54, 1.807) is 18.3 Å². The monoisotopic (exact) mass is 303 g/mol. The van der Waals surface area contributed by atoms with Gasteiger partial charge in [-0.1, -0.05) is 13.0 Å². The number of aliphatic imine (C=N–C) groups is 1. The molecule has 0 bridgehead atoms. The quantitative estimate of drug-likeness (QED) is 0.587. The van der Waals surface area contributed by atoms with E-state index in [1.165, 1.54) is 4.88 Å². The zero-order valence-electron chi connectivity index (χ0n) is 11.3. The maximum absolute atomic E-state index is 11.4. The summed E-state index contributed by atoms with van der Waals surface area (Å²) in [6.45, 7) is 5.37. The van der Waals surface area contributed by atoms with Gasteiger partial charge in [-0.3, -0.25) is 0 Å². The smallest absolute Gasteiger partial charge is 0.191 e. The van der Waals surface area contributed by atoms with Crippen LogP contribution in [0.2, 0.25) is 0 Å². The Morgan fingerprint density at radius 3 is 2.74 bits per heavy atom. The third-order valence-corrected chi connectivity index (χ3v) is 5.03. The number of hydrogen-bond acceptors (Lipinski definition) is 4. The van der Waals surface area contributed by atoms with Crippen LogP contribution in [-0.4, -0.2) is 39.0 Å². The molecule has 7 heteroatoms. The summed E-state index contributed by atoms with van der Waals surface area (Å²) in [5.74, 6) is 0.965. The molecule has 5 nitrogen and oxygen atoms in total. The fraction of sp³-hybridized carbons (Fsp3) is 0.583. The summed E-state index contributed by atoms with van der Waals surface area (Å²) in [7, 11) is -2.93. The van der Waals surface area contributed by atoms with Gasteiger partial charge in [-0.2, -0.15) is 0 Å². The SMILES string of the molecule is CCNC(=NCc1cccs1)NCCS(=O)(=O)CC. The van der Waals surface area contributed by atoms with Gasteiger partial charge >= 0.3 is 0 Å². The van der Waals surface area contributed by atoms with E-state index in [-0.39, 0.29) is 11.5 Å². The average Bonchev–Trinajstić information content (AvgIpc) is 2.89. The van der Waals surface area contributed by atoms with Crippen LogP contribution in [0.4, 0.5) is 0 Å². The van der Waals surface area contributed by atoms with Gasteiger partial charge in [0, 0.05) is 23.7 Å². The third-order valence-electron chi connectivity index (χ3n) is 2.46. The largest absolute Gasteiger partial charge is 0.357 e. The van der Waals surface area contributed by atoms with Crippen LogP contribution in [-0.2, 0) is 16.4 Å². The van der Waals surface area contributed by atoms with Crippen LogP contribution < -0.4 is 10.6 Å². The lowest BCUT2D eigenvalue weighted by molar-refractivity contribution is 0.595. The van der Waals surface area contributed by atoms with Crippen LogP contribution >= 0.6 is 11.3 Å². The van der Waals surface area contributed by atoms with Crippen LogP contribution in [0.1, 0.15) is 18.7 Å². The molecule has 0 radical (unpaired) electrons. The lowest BCUT2D eigenvalue weighted by atomic mass is 10.5. The lowest BCUT2D eigenvalue weighted by Crippen LogP contribution is -2.39. The number of sulfone groups is 1. The van der Waals surface area contributed by atoms with Gasteiger partial charge in [0.05, 0.1) is 12.3 Å². The van der Waals surface area contributed by atoms with Crippen molar-refractivity contribution in [3.8, 4) is 0 Å². The average molecular weight is 303 g/mol. The number of rotatable bonds is 7. The van der Waals surface area contributed by atoms with E-state index >= 15 is 0 Å². The predicted molar refractivity (Wildman–Crippen MR) is 81.5 cm³/mol. The van der Waals surface area contributed by atoms with Crippen LogP contribution in [0, 0.1) is 0 Å². The summed E-state index contributed by atoms with van der Waals surface area (Å²) in [6, 6.07) is 4.02. The van der Waals surface area contributed by atoms with E-state index in [0.29, 0.717) is 19.0 Å². The Hall–Kier alpha value is -1.08. The second-order valence-electron chi connectivity index (χ2n) is 3.94. The summed E-state index contributed by atoms with van der Waals surface area (Å²) >= 11 is 1.66.